The predicted molar refractivity (Wildman–Crippen MR) is 80.8 cm³/mol. The number of amides is 2. The average Bonchev–Trinajstić information content (AvgIpc) is 2.83. The molecule has 0 fully saturated rings. The SMILES string of the molecule is CCCn1cc(-c2cccc(NC(C)=O)c2)c(C(N)=O)n1. The van der Waals surface area contributed by atoms with E-state index in [-0.39, 0.29) is 11.6 Å². The van der Waals surface area contributed by atoms with E-state index in [0.717, 1.165) is 12.0 Å². The molecule has 0 aliphatic heterocycles. The molecule has 2 amide bonds. The molecule has 0 spiro atoms. The molecule has 0 saturated carbocycles. The first-order chi connectivity index (χ1) is 10.0. The predicted octanol–water partition coefficient (Wildman–Crippen LogP) is 2.02. The largest absolute Gasteiger partial charge is 0.364 e. The fraction of sp³-hybridized carbons (Fsp3) is 0.267. The highest BCUT2D eigenvalue weighted by Gasteiger charge is 2.15. The van der Waals surface area contributed by atoms with E-state index in [0.29, 0.717) is 17.8 Å². The Bertz CT molecular complexity index is 676. The molecule has 2 rings (SSSR count). The van der Waals surface area contributed by atoms with Crippen LogP contribution in [0.2, 0.25) is 0 Å². The second-order valence-corrected chi connectivity index (χ2v) is 4.78. The van der Waals surface area contributed by atoms with Gasteiger partial charge in [-0.05, 0) is 24.1 Å². The van der Waals surface area contributed by atoms with Gasteiger partial charge in [-0.25, -0.2) is 0 Å². The van der Waals surface area contributed by atoms with Crippen LogP contribution in [0.4, 0.5) is 5.69 Å². The Morgan fingerprint density at radius 1 is 1.38 bits per heavy atom. The number of hydrogen-bond donors (Lipinski definition) is 2. The number of carbonyl (C=O) groups is 2. The number of primary amides is 1. The van der Waals surface area contributed by atoms with Gasteiger partial charge in [-0.2, -0.15) is 5.10 Å². The van der Waals surface area contributed by atoms with Crippen LogP contribution >= 0.6 is 0 Å². The Kier molecular flexibility index (Phi) is 4.37. The van der Waals surface area contributed by atoms with Gasteiger partial charge in [0.25, 0.3) is 5.91 Å². The van der Waals surface area contributed by atoms with Crippen LogP contribution in [-0.4, -0.2) is 21.6 Å². The molecule has 1 aromatic carbocycles. The third-order valence-electron chi connectivity index (χ3n) is 2.94. The number of nitrogens with zero attached hydrogens (tertiary/aromatic N) is 2. The van der Waals surface area contributed by atoms with Crippen molar-refractivity contribution in [3.8, 4) is 11.1 Å². The highest BCUT2D eigenvalue weighted by Crippen LogP contribution is 2.25. The lowest BCUT2D eigenvalue weighted by molar-refractivity contribution is -0.114. The molecule has 1 heterocycles. The summed E-state index contributed by atoms with van der Waals surface area (Å²) in [4.78, 5) is 22.7. The molecule has 2 aromatic rings. The van der Waals surface area contributed by atoms with E-state index >= 15 is 0 Å². The lowest BCUT2D eigenvalue weighted by Gasteiger charge is -2.05. The van der Waals surface area contributed by atoms with Crippen LogP contribution in [0.1, 0.15) is 30.8 Å². The van der Waals surface area contributed by atoms with Crippen molar-refractivity contribution in [1.29, 1.82) is 0 Å². The van der Waals surface area contributed by atoms with Crippen LogP contribution in [-0.2, 0) is 11.3 Å². The maximum Gasteiger partial charge on any atom is 0.269 e. The summed E-state index contributed by atoms with van der Waals surface area (Å²) in [6.07, 6.45) is 2.71. The number of nitrogens with two attached hydrogens (primary N) is 1. The van der Waals surface area contributed by atoms with Crippen LogP contribution in [0.15, 0.2) is 30.5 Å². The molecular formula is C15H18N4O2. The standard InChI is InChI=1S/C15H18N4O2/c1-3-7-19-9-13(14(18-19)15(16)21)11-5-4-6-12(8-11)17-10(2)20/h4-6,8-9H,3,7H2,1-2H3,(H2,16,21)(H,17,20). The van der Waals surface area contributed by atoms with E-state index in [1.807, 2.05) is 19.1 Å². The number of carbonyl (C=O) groups excluding carboxylic acids is 2. The summed E-state index contributed by atoms with van der Waals surface area (Å²) < 4.78 is 1.71. The number of aryl methyl sites for hydroxylation is 1. The van der Waals surface area contributed by atoms with Crippen molar-refractivity contribution in [3.05, 3.63) is 36.2 Å². The molecular weight excluding hydrogens is 268 g/mol. The van der Waals surface area contributed by atoms with Crippen molar-refractivity contribution in [3.63, 3.8) is 0 Å². The Morgan fingerprint density at radius 2 is 2.14 bits per heavy atom. The molecule has 0 saturated heterocycles. The maximum absolute atomic E-state index is 11.6. The number of benzene rings is 1. The third kappa shape index (κ3) is 3.47. The van der Waals surface area contributed by atoms with Crippen LogP contribution < -0.4 is 11.1 Å². The van der Waals surface area contributed by atoms with Gasteiger partial charge in [-0.15, -0.1) is 0 Å². The van der Waals surface area contributed by atoms with Crippen molar-refractivity contribution in [2.75, 3.05) is 5.32 Å². The lowest BCUT2D eigenvalue weighted by atomic mass is 10.1. The summed E-state index contributed by atoms with van der Waals surface area (Å²) in [6, 6.07) is 7.24. The molecule has 1 aromatic heterocycles. The normalized spacial score (nSPS) is 10.4. The molecule has 6 heteroatoms. The van der Waals surface area contributed by atoms with E-state index in [4.69, 9.17) is 5.73 Å². The van der Waals surface area contributed by atoms with Crippen LogP contribution in [0, 0.1) is 0 Å². The Balaban J connectivity index is 2.45. The van der Waals surface area contributed by atoms with Crippen LogP contribution in [0.5, 0.6) is 0 Å². The van der Waals surface area contributed by atoms with Gasteiger partial charge in [0.2, 0.25) is 5.91 Å². The zero-order valence-corrected chi connectivity index (χ0v) is 12.1. The van der Waals surface area contributed by atoms with Gasteiger partial charge < -0.3 is 11.1 Å². The number of hydrogen-bond acceptors (Lipinski definition) is 3. The summed E-state index contributed by atoms with van der Waals surface area (Å²) >= 11 is 0. The Labute approximate surface area is 122 Å². The average molecular weight is 286 g/mol. The van der Waals surface area contributed by atoms with Gasteiger partial charge in [0.05, 0.1) is 0 Å². The van der Waals surface area contributed by atoms with Crippen molar-refractivity contribution in [2.45, 2.75) is 26.8 Å². The third-order valence-corrected chi connectivity index (χ3v) is 2.94. The summed E-state index contributed by atoms with van der Waals surface area (Å²) in [5.41, 5.74) is 7.76. The number of aromatic nitrogens is 2. The van der Waals surface area contributed by atoms with Gasteiger partial charge in [0.15, 0.2) is 5.69 Å². The second kappa shape index (κ2) is 6.21. The molecule has 3 N–H and O–H groups in total. The summed E-state index contributed by atoms with van der Waals surface area (Å²) in [6.45, 7) is 4.19. The quantitative estimate of drug-likeness (QED) is 0.881. The van der Waals surface area contributed by atoms with Crippen molar-refractivity contribution in [2.24, 2.45) is 5.73 Å². The zero-order valence-electron chi connectivity index (χ0n) is 12.1. The van der Waals surface area contributed by atoms with Gasteiger partial charge in [-0.3, -0.25) is 14.3 Å². The molecule has 0 atom stereocenters. The summed E-state index contributed by atoms with van der Waals surface area (Å²) in [5.74, 6) is -0.714. The number of anilines is 1. The lowest BCUT2D eigenvalue weighted by Crippen LogP contribution is -2.13. The van der Waals surface area contributed by atoms with E-state index in [2.05, 4.69) is 10.4 Å². The first-order valence-corrected chi connectivity index (χ1v) is 6.76. The fourth-order valence-electron chi connectivity index (χ4n) is 2.13. The molecule has 6 nitrogen and oxygen atoms in total. The highest BCUT2D eigenvalue weighted by atomic mass is 16.1. The van der Waals surface area contributed by atoms with Crippen LogP contribution in [0.3, 0.4) is 0 Å². The van der Waals surface area contributed by atoms with E-state index in [1.54, 1.807) is 23.0 Å². The van der Waals surface area contributed by atoms with E-state index in [1.165, 1.54) is 6.92 Å². The smallest absolute Gasteiger partial charge is 0.269 e. The van der Waals surface area contributed by atoms with Crippen molar-refractivity contribution < 1.29 is 9.59 Å². The van der Waals surface area contributed by atoms with Gasteiger partial charge in [0.1, 0.15) is 0 Å². The number of rotatable bonds is 5. The Hall–Kier alpha value is -2.63. The maximum atomic E-state index is 11.6. The highest BCUT2D eigenvalue weighted by molar-refractivity contribution is 5.98. The summed E-state index contributed by atoms with van der Waals surface area (Å²) in [7, 11) is 0. The zero-order chi connectivity index (χ0) is 15.4. The second-order valence-electron chi connectivity index (χ2n) is 4.78. The molecule has 0 aliphatic rings. The molecule has 0 radical (unpaired) electrons. The first kappa shape index (κ1) is 14.8. The minimum Gasteiger partial charge on any atom is -0.364 e. The molecule has 0 unspecified atom stereocenters. The van der Waals surface area contributed by atoms with E-state index < -0.39 is 5.91 Å². The monoisotopic (exact) mass is 286 g/mol. The summed E-state index contributed by atoms with van der Waals surface area (Å²) in [5, 5.41) is 6.93. The first-order valence-electron chi connectivity index (χ1n) is 6.76. The minimum absolute atomic E-state index is 0.149. The Morgan fingerprint density at radius 3 is 2.76 bits per heavy atom. The molecule has 0 aliphatic carbocycles. The topological polar surface area (TPSA) is 90.0 Å². The minimum atomic E-state index is -0.565. The van der Waals surface area contributed by atoms with E-state index in [9.17, 15) is 9.59 Å². The fourth-order valence-corrected chi connectivity index (χ4v) is 2.13. The van der Waals surface area contributed by atoms with Gasteiger partial charge in [0, 0.05) is 30.9 Å². The van der Waals surface area contributed by atoms with Crippen molar-refractivity contribution in [1.82, 2.24) is 9.78 Å². The van der Waals surface area contributed by atoms with Gasteiger partial charge >= 0.3 is 0 Å². The molecule has 0 bridgehead atoms. The van der Waals surface area contributed by atoms with Crippen molar-refractivity contribution >= 4 is 17.5 Å². The van der Waals surface area contributed by atoms with Gasteiger partial charge in [-0.1, -0.05) is 19.1 Å². The molecule has 21 heavy (non-hydrogen) atoms. The molecule has 110 valence electrons. The van der Waals surface area contributed by atoms with Crippen LogP contribution in [0.25, 0.3) is 11.1 Å². The number of nitrogens with one attached hydrogen (secondary N) is 1.